The van der Waals surface area contributed by atoms with Gasteiger partial charge in [0.2, 0.25) is 0 Å². The van der Waals surface area contributed by atoms with Gasteiger partial charge in [0.15, 0.2) is 0 Å². The van der Waals surface area contributed by atoms with Crippen molar-refractivity contribution in [3.05, 3.63) is 0 Å². The van der Waals surface area contributed by atoms with Gasteiger partial charge in [-0.2, -0.15) is 0 Å². The normalized spacial score (nSPS) is 27.7. The molecule has 4 nitrogen and oxygen atoms in total. The summed E-state index contributed by atoms with van der Waals surface area (Å²) in [5.74, 6) is -1.42. The van der Waals surface area contributed by atoms with E-state index < -0.39 is 5.97 Å². The molecule has 0 aromatic rings. The van der Waals surface area contributed by atoms with Crippen LogP contribution in [0.3, 0.4) is 0 Å². The Morgan fingerprint density at radius 2 is 2.27 bits per heavy atom. The SMILES string of the molecule is COC(=O)C[C@@H]1C[C@@H]1C(=O)O. The summed E-state index contributed by atoms with van der Waals surface area (Å²) in [5, 5.41) is 8.46. The molecule has 1 rings (SSSR count). The second kappa shape index (κ2) is 2.90. The highest BCUT2D eigenvalue weighted by atomic mass is 16.5. The minimum absolute atomic E-state index is 0.0138. The van der Waals surface area contributed by atoms with Crippen LogP contribution in [0.4, 0.5) is 0 Å². The number of ether oxygens (including phenoxy) is 1. The second-order valence-electron chi connectivity index (χ2n) is 2.72. The Bertz CT molecular complexity index is 187. The van der Waals surface area contributed by atoms with Crippen molar-refractivity contribution < 1.29 is 19.4 Å². The van der Waals surface area contributed by atoms with Crippen LogP contribution in [-0.4, -0.2) is 24.2 Å². The Kier molecular flexibility index (Phi) is 2.12. The average molecular weight is 158 g/mol. The Labute approximate surface area is 64.2 Å². The van der Waals surface area contributed by atoms with E-state index in [4.69, 9.17) is 5.11 Å². The molecule has 1 aliphatic carbocycles. The monoisotopic (exact) mass is 158 g/mol. The number of aliphatic carboxylic acids is 1. The molecule has 11 heavy (non-hydrogen) atoms. The topological polar surface area (TPSA) is 63.6 Å². The van der Waals surface area contributed by atoms with Crippen molar-refractivity contribution in [1.29, 1.82) is 0 Å². The Balaban J connectivity index is 2.23. The highest BCUT2D eigenvalue weighted by molar-refractivity contribution is 5.76. The molecular formula is C7H10O4. The molecule has 0 saturated heterocycles. The van der Waals surface area contributed by atoms with Crippen molar-refractivity contribution in [1.82, 2.24) is 0 Å². The zero-order chi connectivity index (χ0) is 8.43. The number of carboxylic acid groups (broad SMARTS) is 1. The summed E-state index contributed by atoms with van der Waals surface area (Å²) in [6, 6.07) is 0. The summed E-state index contributed by atoms with van der Waals surface area (Å²) in [5.41, 5.74) is 0. The fourth-order valence-corrected chi connectivity index (χ4v) is 1.07. The molecule has 0 aromatic heterocycles. The van der Waals surface area contributed by atoms with Crippen molar-refractivity contribution in [2.75, 3.05) is 7.11 Å². The predicted octanol–water partition coefficient (Wildman–Crippen LogP) is 0.270. The number of carbonyl (C=O) groups is 2. The lowest BCUT2D eigenvalue weighted by Gasteiger charge is -1.94. The Morgan fingerprint density at radius 1 is 1.64 bits per heavy atom. The number of esters is 1. The molecule has 62 valence electrons. The maximum atomic E-state index is 10.6. The number of methoxy groups -OCH3 is 1. The maximum Gasteiger partial charge on any atom is 0.306 e. The molecule has 0 aromatic carbocycles. The first-order valence-corrected chi connectivity index (χ1v) is 3.44. The fraction of sp³-hybridized carbons (Fsp3) is 0.714. The van der Waals surface area contributed by atoms with Gasteiger partial charge in [0.25, 0.3) is 0 Å². The highest BCUT2D eigenvalue weighted by Crippen LogP contribution is 2.41. The molecule has 0 heterocycles. The van der Waals surface area contributed by atoms with E-state index in [9.17, 15) is 9.59 Å². The van der Waals surface area contributed by atoms with E-state index in [0.717, 1.165) is 0 Å². The average Bonchev–Trinajstić information content (AvgIpc) is 2.67. The molecule has 1 saturated carbocycles. The molecule has 0 aliphatic heterocycles. The van der Waals surface area contributed by atoms with Gasteiger partial charge >= 0.3 is 11.9 Å². The predicted molar refractivity (Wildman–Crippen MR) is 35.9 cm³/mol. The minimum Gasteiger partial charge on any atom is -0.481 e. The van der Waals surface area contributed by atoms with Crippen LogP contribution < -0.4 is 0 Å². The van der Waals surface area contributed by atoms with E-state index in [0.29, 0.717) is 6.42 Å². The molecule has 0 radical (unpaired) electrons. The molecule has 0 amide bonds. The van der Waals surface area contributed by atoms with Gasteiger partial charge < -0.3 is 9.84 Å². The molecule has 1 fully saturated rings. The third-order valence-corrected chi connectivity index (χ3v) is 1.90. The smallest absolute Gasteiger partial charge is 0.306 e. The van der Waals surface area contributed by atoms with E-state index in [-0.39, 0.29) is 24.2 Å². The first-order valence-electron chi connectivity index (χ1n) is 3.44. The van der Waals surface area contributed by atoms with Gasteiger partial charge in [0.05, 0.1) is 13.0 Å². The van der Waals surface area contributed by atoms with Crippen LogP contribution in [0.1, 0.15) is 12.8 Å². The third-order valence-electron chi connectivity index (χ3n) is 1.90. The summed E-state index contributed by atoms with van der Waals surface area (Å²) in [6.45, 7) is 0. The van der Waals surface area contributed by atoms with Crippen LogP contribution in [0.5, 0.6) is 0 Å². The van der Waals surface area contributed by atoms with Crippen LogP contribution in [0, 0.1) is 11.8 Å². The third kappa shape index (κ3) is 1.93. The van der Waals surface area contributed by atoms with Gasteiger partial charge in [-0.25, -0.2) is 0 Å². The lowest BCUT2D eigenvalue weighted by Crippen LogP contribution is -2.05. The van der Waals surface area contributed by atoms with E-state index in [1.165, 1.54) is 7.11 Å². The van der Waals surface area contributed by atoms with Gasteiger partial charge in [0, 0.05) is 6.42 Å². The van der Waals surface area contributed by atoms with Gasteiger partial charge in [-0.3, -0.25) is 9.59 Å². The molecule has 0 unspecified atom stereocenters. The van der Waals surface area contributed by atoms with Gasteiger partial charge in [0.1, 0.15) is 0 Å². The first-order chi connectivity index (χ1) is 5.15. The van der Waals surface area contributed by atoms with E-state index in [2.05, 4.69) is 4.74 Å². The summed E-state index contributed by atoms with van der Waals surface area (Å²) in [6.07, 6.45) is 0.859. The van der Waals surface area contributed by atoms with Gasteiger partial charge in [-0.05, 0) is 12.3 Å². The highest BCUT2D eigenvalue weighted by Gasteiger charge is 2.44. The largest absolute Gasteiger partial charge is 0.481 e. The van der Waals surface area contributed by atoms with Crippen LogP contribution in [0.25, 0.3) is 0 Å². The first kappa shape index (κ1) is 8.04. The standard InChI is InChI=1S/C7H10O4/c1-11-6(8)3-4-2-5(4)7(9)10/h4-5H,2-3H2,1H3,(H,9,10)/t4-,5-/m0/s1. The molecule has 0 bridgehead atoms. The number of rotatable bonds is 3. The Hall–Kier alpha value is -1.06. The molecule has 0 spiro atoms. The summed E-state index contributed by atoms with van der Waals surface area (Å²) in [4.78, 5) is 20.9. The Morgan fingerprint density at radius 3 is 2.64 bits per heavy atom. The zero-order valence-electron chi connectivity index (χ0n) is 6.24. The number of hydrogen-bond acceptors (Lipinski definition) is 3. The van der Waals surface area contributed by atoms with Crippen molar-refractivity contribution in [2.45, 2.75) is 12.8 Å². The van der Waals surface area contributed by atoms with Crippen LogP contribution in [0.2, 0.25) is 0 Å². The molecule has 2 atom stereocenters. The van der Waals surface area contributed by atoms with Gasteiger partial charge in [-0.15, -0.1) is 0 Å². The quantitative estimate of drug-likeness (QED) is 0.599. The van der Waals surface area contributed by atoms with Crippen molar-refractivity contribution in [3.63, 3.8) is 0 Å². The lowest BCUT2D eigenvalue weighted by atomic mass is 10.2. The van der Waals surface area contributed by atoms with E-state index >= 15 is 0 Å². The summed E-state index contributed by atoms with van der Waals surface area (Å²) < 4.78 is 4.40. The number of carboxylic acids is 1. The molecular weight excluding hydrogens is 148 g/mol. The minimum atomic E-state index is -0.807. The van der Waals surface area contributed by atoms with Crippen molar-refractivity contribution in [3.8, 4) is 0 Å². The lowest BCUT2D eigenvalue weighted by molar-refractivity contribution is -0.141. The zero-order valence-corrected chi connectivity index (χ0v) is 6.24. The fourth-order valence-electron chi connectivity index (χ4n) is 1.07. The van der Waals surface area contributed by atoms with Crippen LogP contribution in [-0.2, 0) is 14.3 Å². The van der Waals surface area contributed by atoms with Crippen LogP contribution in [0.15, 0.2) is 0 Å². The van der Waals surface area contributed by atoms with E-state index in [1.807, 2.05) is 0 Å². The molecule has 1 N–H and O–H groups in total. The van der Waals surface area contributed by atoms with Gasteiger partial charge in [-0.1, -0.05) is 0 Å². The second-order valence-corrected chi connectivity index (χ2v) is 2.72. The molecule has 1 aliphatic rings. The summed E-state index contributed by atoms with van der Waals surface area (Å²) >= 11 is 0. The van der Waals surface area contributed by atoms with E-state index in [1.54, 1.807) is 0 Å². The number of hydrogen-bond donors (Lipinski definition) is 1. The molecule has 4 heteroatoms. The summed E-state index contributed by atoms with van der Waals surface area (Å²) in [7, 11) is 1.31. The number of carbonyl (C=O) groups excluding carboxylic acids is 1. The van der Waals surface area contributed by atoms with Crippen molar-refractivity contribution in [2.24, 2.45) is 11.8 Å². The van der Waals surface area contributed by atoms with Crippen LogP contribution >= 0.6 is 0 Å². The maximum absolute atomic E-state index is 10.6. The van der Waals surface area contributed by atoms with Crippen molar-refractivity contribution >= 4 is 11.9 Å².